The highest BCUT2D eigenvalue weighted by molar-refractivity contribution is 8.00. The minimum absolute atomic E-state index is 0.000452. The quantitative estimate of drug-likeness (QED) is 0.720. The van der Waals surface area contributed by atoms with Gasteiger partial charge in [0.15, 0.2) is 5.82 Å². The normalized spacial score (nSPS) is 16.4. The topological polar surface area (TPSA) is 69.0 Å². The van der Waals surface area contributed by atoms with Gasteiger partial charge in [0, 0.05) is 11.8 Å². The van der Waals surface area contributed by atoms with E-state index in [4.69, 9.17) is 4.74 Å². The lowest BCUT2D eigenvalue weighted by Crippen LogP contribution is -2.16. The Morgan fingerprint density at radius 2 is 2.00 bits per heavy atom. The summed E-state index contributed by atoms with van der Waals surface area (Å²) < 4.78 is 7.48. The number of nitrogens with zero attached hydrogens (tertiary/aromatic N) is 3. The molecule has 28 heavy (non-hydrogen) atoms. The van der Waals surface area contributed by atoms with Crippen molar-refractivity contribution in [1.29, 1.82) is 0 Å². The Labute approximate surface area is 168 Å². The van der Waals surface area contributed by atoms with Crippen LogP contribution in [0.3, 0.4) is 0 Å². The second kappa shape index (κ2) is 7.67. The van der Waals surface area contributed by atoms with Crippen molar-refractivity contribution in [2.24, 2.45) is 0 Å². The molecule has 1 aromatic carbocycles. The van der Waals surface area contributed by atoms with Crippen LogP contribution in [0.1, 0.15) is 35.9 Å². The van der Waals surface area contributed by atoms with Crippen molar-refractivity contribution in [1.82, 2.24) is 14.8 Å². The molecule has 1 aliphatic heterocycles. The second-order valence-electron chi connectivity index (χ2n) is 6.92. The molecule has 0 radical (unpaired) electrons. The predicted molar refractivity (Wildman–Crippen MR) is 111 cm³/mol. The molecule has 3 aromatic rings. The van der Waals surface area contributed by atoms with Crippen molar-refractivity contribution in [2.75, 3.05) is 11.1 Å². The molecule has 1 amide bonds. The molecule has 0 aliphatic carbocycles. The average Bonchev–Trinajstić information content (AvgIpc) is 2.89. The highest BCUT2D eigenvalue weighted by Gasteiger charge is 2.30. The van der Waals surface area contributed by atoms with E-state index < -0.39 is 0 Å². The van der Waals surface area contributed by atoms with Crippen molar-refractivity contribution in [3.8, 4) is 11.6 Å². The summed E-state index contributed by atoms with van der Waals surface area (Å²) in [4.78, 5) is 16.8. The number of aromatic nitrogens is 3. The summed E-state index contributed by atoms with van der Waals surface area (Å²) in [5, 5.41) is 7.70. The molecule has 0 saturated heterocycles. The molecule has 2 aromatic heterocycles. The van der Waals surface area contributed by atoms with E-state index in [0.29, 0.717) is 17.4 Å². The smallest absolute Gasteiger partial charge is 0.235 e. The van der Waals surface area contributed by atoms with E-state index >= 15 is 0 Å². The summed E-state index contributed by atoms with van der Waals surface area (Å²) in [6.45, 7) is 5.99. The number of aryl methyl sites for hydroxylation is 1. The van der Waals surface area contributed by atoms with Crippen LogP contribution in [0, 0.1) is 6.92 Å². The molecule has 7 heteroatoms. The molecule has 0 fully saturated rings. The SMILES string of the molecule is Cc1nn(-c2ccccn2)c2c1C(c1ccc(OC(C)C)cc1)SCC(=O)N2. The van der Waals surface area contributed by atoms with E-state index in [1.807, 2.05) is 51.1 Å². The zero-order valence-electron chi connectivity index (χ0n) is 16.0. The number of nitrogens with one attached hydrogen (secondary N) is 1. The van der Waals surface area contributed by atoms with E-state index in [2.05, 4.69) is 27.5 Å². The number of ether oxygens (including phenoxy) is 1. The fourth-order valence-electron chi connectivity index (χ4n) is 3.29. The van der Waals surface area contributed by atoms with E-state index in [1.165, 1.54) is 0 Å². The van der Waals surface area contributed by atoms with Crippen LogP contribution in [0.25, 0.3) is 5.82 Å². The minimum Gasteiger partial charge on any atom is -0.491 e. The van der Waals surface area contributed by atoms with Gasteiger partial charge in [-0.2, -0.15) is 9.78 Å². The molecule has 0 saturated carbocycles. The van der Waals surface area contributed by atoms with Crippen molar-refractivity contribution in [3.05, 3.63) is 65.5 Å². The summed E-state index contributed by atoms with van der Waals surface area (Å²) >= 11 is 1.60. The predicted octanol–water partition coefficient (Wildman–Crippen LogP) is 4.14. The number of pyridine rings is 1. The molecule has 6 nitrogen and oxygen atoms in total. The van der Waals surface area contributed by atoms with Crippen molar-refractivity contribution in [3.63, 3.8) is 0 Å². The molecule has 0 bridgehead atoms. The summed E-state index contributed by atoms with van der Waals surface area (Å²) in [6.07, 6.45) is 1.85. The Balaban J connectivity index is 1.77. The molecule has 1 atom stereocenters. The molecule has 4 rings (SSSR count). The van der Waals surface area contributed by atoms with Crippen LogP contribution in [-0.4, -0.2) is 32.5 Å². The standard InChI is InChI=1S/C21H22N4O2S/c1-13(2)27-16-9-7-15(8-10-16)20-19-14(3)24-25(17-6-4-5-11-22-17)21(19)23-18(26)12-28-20/h4-11,13,20H,12H2,1-3H3,(H,23,26). The number of thioether (sulfide) groups is 1. The zero-order chi connectivity index (χ0) is 19.7. The Kier molecular flexibility index (Phi) is 5.09. The highest BCUT2D eigenvalue weighted by atomic mass is 32.2. The van der Waals surface area contributed by atoms with Crippen molar-refractivity contribution < 1.29 is 9.53 Å². The van der Waals surface area contributed by atoms with Gasteiger partial charge < -0.3 is 10.1 Å². The molecule has 1 aliphatic rings. The monoisotopic (exact) mass is 394 g/mol. The highest BCUT2D eigenvalue weighted by Crippen LogP contribution is 2.43. The third-order valence-corrected chi connectivity index (χ3v) is 5.70. The van der Waals surface area contributed by atoms with Crippen molar-refractivity contribution >= 4 is 23.5 Å². The van der Waals surface area contributed by atoms with Gasteiger partial charge in [0.25, 0.3) is 0 Å². The number of hydrogen-bond donors (Lipinski definition) is 1. The third-order valence-electron chi connectivity index (χ3n) is 4.43. The van der Waals surface area contributed by atoms with Gasteiger partial charge in [-0.3, -0.25) is 4.79 Å². The number of anilines is 1. The summed E-state index contributed by atoms with van der Waals surface area (Å²) in [7, 11) is 0. The Bertz CT molecular complexity index is 984. The first-order valence-electron chi connectivity index (χ1n) is 9.22. The van der Waals surface area contributed by atoms with E-state index in [1.54, 1.807) is 22.6 Å². The van der Waals surface area contributed by atoms with Gasteiger partial charge in [0.2, 0.25) is 5.91 Å². The maximum atomic E-state index is 12.4. The van der Waals surface area contributed by atoms with Crippen molar-refractivity contribution in [2.45, 2.75) is 32.1 Å². The van der Waals surface area contributed by atoms with Gasteiger partial charge in [-0.1, -0.05) is 18.2 Å². The number of carbonyl (C=O) groups is 1. The molecule has 0 spiro atoms. The first-order chi connectivity index (χ1) is 13.5. The largest absolute Gasteiger partial charge is 0.491 e. The van der Waals surface area contributed by atoms with E-state index in [-0.39, 0.29) is 17.3 Å². The lowest BCUT2D eigenvalue weighted by atomic mass is 10.0. The van der Waals surface area contributed by atoms with Crippen LogP contribution in [0.15, 0.2) is 48.7 Å². The van der Waals surface area contributed by atoms with Crippen LogP contribution in [0.5, 0.6) is 5.75 Å². The van der Waals surface area contributed by atoms with Crippen LogP contribution in [-0.2, 0) is 4.79 Å². The first kappa shape index (κ1) is 18.6. The minimum atomic E-state index is -0.0365. The molecule has 144 valence electrons. The van der Waals surface area contributed by atoms with Gasteiger partial charge in [-0.15, -0.1) is 11.8 Å². The molecular formula is C21H22N4O2S. The zero-order valence-corrected chi connectivity index (χ0v) is 16.9. The molecular weight excluding hydrogens is 372 g/mol. The fraction of sp³-hybridized carbons (Fsp3) is 0.286. The van der Waals surface area contributed by atoms with Gasteiger partial charge in [-0.25, -0.2) is 4.98 Å². The van der Waals surface area contributed by atoms with E-state index in [0.717, 1.165) is 22.6 Å². The van der Waals surface area contributed by atoms with Crippen LogP contribution >= 0.6 is 11.8 Å². The Hall–Kier alpha value is -2.80. The summed E-state index contributed by atoms with van der Waals surface area (Å²) in [5.74, 6) is 2.56. The fourth-order valence-corrected chi connectivity index (χ4v) is 4.47. The number of amides is 1. The number of carbonyl (C=O) groups excluding carboxylic acids is 1. The number of hydrogen-bond acceptors (Lipinski definition) is 5. The van der Waals surface area contributed by atoms with Crippen LogP contribution in [0.2, 0.25) is 0 Å². The lowest BCUT2D eigenvalue weighted by molar-refractivity contribution is -0.113. The van der Waals surface area contributed by atoms with Gasteiger partial charge in [-0.05, 0) is 50.6 Å². The number of benzene rings is 1. The maximum Gasteiger partial charge on any atom is 0.235 e. The van der Waals surface area contributed by atoms with Crippen LogP contribution < -0.4 is 10.1 Å². The molecule has 1 unspecified atom stereocenters. The molecule has 1 N–H and O–H groups in total. The summed E-state index contributed by atoms with van der Waals surface area (Å²) in [6, 6.07) is 13.7. The Morgan fingerprint density at radius 3 is 2.68 bits per heavy atom. The van der Waals surface area contributed by atoms with Crippen LogP contribution in [0.4, 0.5) is 5.82 Å². The van der Waals surface area contributed by atoms with Gasteiger partial charge >= 0.3 is 0 Å². The second-order valence-corrected chi connectivity index (χ2v) is 8.02. The van der Waals surface area contributed by atoms with Gasteiger partial charge in [0.05, 0.1) is 22.8 Å². The van der Waals surface area contributed by atoms with Gasteiger partial charge in [0.1, 0.15) is 11.6 Å². The maximum absolute atomic E-state index is 12.4. The molecule has 3 heterocycles. The summed E-state index contributed by atoms with van der Waals surface area (Å²) in [5.41, 5.74) is 3.00. The van der Waals surface area contributed by atoms with E-state index in [9.17, 15) is 4.79 Å². The Morgan fingerprint density at radius 1 is 1.21 bits per heavy atom. The third kappa shape index (κ3) is 3.62. The number of rotatable bonds is 4. The lowest BCUT2D eigenvalue weighted by Gasteiger charge is -2.16. The number of fused-ring (bicyclic) bond motifs is 1. The first-order valence-corrected chi connectivity index (χ1v) is 10.3. The average molecular weight is 395 g/mol.